The molecule has 1 N–H and O–H groups in total. The van der Waals surface area contributed by atoms with Gasteiger partial charge in [0.15, 0.2) is 0 Å². The Bertz CT molecular complexity index is 321. The van der Waals surface area contributed by atoms with Crippen LogP contribution in [0.15, 0.2) is 12.4 Å². The summed E-state index contributed by atoms with van der Waals surface area (Å²) < 4.78 is 1.90. The van der Waals surface area contributed by atoms with Gasteiger partial charge in [-0.3, -0.25) is 9.48 Å². The molecule has 13 heavy (non-hydrogen) atoms. The molecular weight excluding hydrogens is 166 g/mol. The van der Waals surface area contributed by atoms with Gasteiger partial charge in [0.2, 0.25) is 5.91 Å². The number of nitrogens with zero attached hydrogens (tertiary/aromatic N) is 2. The van der Waals surface area contributed by atoms with Gasteiger partial charge in [0, 0.05) is 17.8 Å². The van der Waals surface area contributed by atoms with Crippen molar-refractivity contribution in [2.75, 3.05) is 0 Å². The van der Waals surface area contributed by atoms with E-state index in [1.54, 1.807) is 0 Å². The molecule has 1 aliphatic rings. The van der Waals surface area contributed by atoms with E-state index in [1.165, 1.54) is 0 Å². The van der Waals surface area contributed by atoms with Crippen LogP contribution < -0.4 is 5.32 Å². The van der Waals surface area contributed by atoms with Gasteiger partial charge in [0.05, 0.1) is 18.7 Å². The Morgan fingerprint density at radius 3 is 2.85 bits per heavy atom. The maximum absolute atomic E-state index is 10.7. The van der Waals surface area contributed by atoms with E-state index < -0.39 is 0 Å². The fourth-order valence-electron chi connectivity index (χ4n) is 1.37. The number of aromatic nitrogens is 2. The van der Waals surface area contributed by atoms with Crippen LogP contribution >= 0.6 is 0 Å². The number of amides is 1. The van der Waals surface area contributed by atoms with Crippen molar-refractivity contribution in [3.8, 4) is 0 Å². The molecule has 4 nitrogen and oxygen atoms in total. The predicted molar refractivity (Wildman–Crippen MR) is 48.1 cm³/mol. The maximum atomic E-state index is 10.7. The van der Waals surface area contributed by atoms with Gasteiger partial charge in [-0.2, -0.15) is 5.10 Å². The summed E-state index contributed by atoms with van der Waals surface area (Å²) in [5.41, 5.74) is 1.10. The smallest absolute Gasteiger partial charge is 0.222 e. The number of nitrogens with one attached hydrogen (secondary N) is 1. The highest BCUT2D eigenvalue weighted by Gasteiger charge is 2.27. The van der Waals surface area contributed by atoms with Crippen molar-refractivity contribution in [1.29, 1.82) is 0 Å². The summed E-state index contributed by atoms with van der Waals surface area (Å²) in [5, 5.41) is 7.03. The van der Waals surface area contributed by atoms with Crippen LogP contribution in [-0.4, -0.2) is 15.7 Å². The average molecular weight is 179 g/mol. The largest absolute Gasteiger partial charge is 0.349 e. The third kappa shape index (κ3) is 1.43. The molecule has 0 bridgehead atoms. The van der Waals surface area contributed by atoms with E-state index >= 15 is 0 Å². The lowest BCUT2D eigenvalue weighted by molar-refractivity contribution is -0.128. The first-order valence-corrected chi connectivity index (χ1v) is 4.50. The number of β-lactam (4-membered cyclic amide) rings is 1. The monoisotopic (exact) mass is 179 g/mol. The lowest BCUT2D eigenvalue weighted by Gasteiger charge is -2.25. The topological polar surface area (TPSA) is 46.9 Å². The molecule has 1 saturated heterocycles. The first-order valence-electron chi connectivity index (χ1n) is 4.50. The second-order valence-electron chi connectivity index (χ2n) is 3.67. The predicted octanol–water partition coefficient (Wildman–Crippen LogP) is 1.02. The highest BCUT2D eigenvalue weighted by Crippen LogP contribution is 2.23. The van der Waals surface area contributed by atoms with Crippen LogP contribution in [0.2, 0.25) is 0 Å². The molecule has 4 heteroatoms. The molecule has 1 atom stereocenters. The molecule has 1 aromatic heterocycles. The Morgan fingerprint density at radius 2 is 2.38 bits per heavy atom. The van der Waals surface area contributed by atoms with Crippen molar-refractivity contribution in [2.45, 2.75) is 32.4 Å². The molecule has 1 fully saturated rings. The van der Waals surface area contributed by atoms with E-state index in [0.717, 1.165) is 5.56 Å². The summed E-state index contributed by atoms with van der Waals surface area (Å²) in [5.74, 6) is 0.127. The fourth-order valence-corrected chi connectivity index (χ4v) is 1.37. The highest BCUT2D eigenvalue weighted by atomic mass is 16.2. The lowest BCUT2D eigenvalue weighted by atomic mass is 10.0. The minimum Gasteiger partial charge on any atom is -0.349 e. The minimum atomic E-state index is 0.127. The molecule has 1 aliphatic heterocycles. The molecule has 0 spiro atoms. The molecule has 2 rings (SSSR count). The zero-order valence-corrected chi connectivity index (χ0v) is 7.82. The van der Waals surface area contributed by atoms with Gasteiger partial charge >= 0.3 is 0 Å². The standard InChI is InChI=1S/C9H13N3O/c1-6(2)12-5-7(4-10-12)8-3-9(13)11-8/h4-6,8H,3H2,1-2H3,(H,11,13). The van der Waals surface area contributed by atoms with Gasteiger partial charge in [0.1, 0.15) is 0 Å². The van der Waals surface area contributed by atoms with Crippen molar-refractivity contribution in [3.63, 3.8) is 0 Å². The Morgan fingerprint density at radius 1 is 1.69 bits per heavy atom. The average Bonchev–Trinajstić information content (AvgIpc) is 2.46. The van der Waals surface area contributed by atoms with Gasteiger partial charge in [0.25, 0.3) is 0 Å². The maximum Gasteiger partial charge on any atom is 0.222 e. The number of carbonyl (C=O) groups excluding carboxylic acids is 1. The van der Waals surface area contributed by atoms with Gasteiger partial charge in [-0.05, 0) is 13.8 Å². The van der Waals surface area contributed by atoms with Crippen LogP contribution in [0.3, 0.4) is 0 Å². The Balaban J connectivity index is 2.10. The summed E-state index contributed by atoms with van der Waals surface area (Å²) in [7, 11) is 0. The fraction of sp³-hybridized carbons (Fsp3) is 0.556. The van der Waals surface area contributed by atoms with Crippen molar-refractivity contribution in [3.05, 3.63) is 18.0 Å². The SMILES string of the molecule is CC(C)n1cc(C2CC(=O)N2)cn1. The second-order valence-corrected chi connectivity index (χ2v) is 3.67. The zero-order chi connectivity index (χ0) is 9.42. The van der Waals surface area contributed by atoms with E-state index in [2.05, 4.69) is 24.3 Å². The van der Waals surface area contributed by atoms with E-state index in [4.69, 9.17) is 0 Å². The third-order valence-corrected chi connectivity index (χ3v) is 2.28. The third-order valence-electron chi connectivity index (χ3n) is 2.28. The summed E-state index contributed by atoms with van der Waals surface area (Å²) in [4.78, 5) is 10.7. The highest BCUT2D eigenvalue weighted by molar-refractivity contribution is 5.83. The molecule has 1 unspecified atom stereocenters. The van der Waals surface area contributed by atoms with Gasteiger partial charge in [-0.1, -0.05) is 0 Å². The molecule has 70 valence electrons. The summed E-state index contributed by atoms with van der Waals surface area (Å²) in [6, 6.07) is 0.574. The molecule has 0 aromatic carbocycles. The summed E-state index contributed by atoms with van der Waals surface area (Å²) >= 11 is 0. The Kier molecular flexibility index (Phi) is 1.83. The van der Waals surface area contributed by atoms with E-state index in [9.17, 15) is 4.79 Å². The normalized spacial score (nSPS) is 21.5. The first-order chi connectivity index (χ1) is 6.16. The summed E-state index contributed by atoms with van der Waals surface area (Å²) in [6.07, 6.45) is 4.42. The lowest BCUT2D eigenvalue weighted by Crippen LogP contribution is -2.41. The van der Waals surface area contributed by atoms with Crippen molar-refractivity contribution in [1.82, 2.24) is 15.1 Å². The molecule has 2 heterocycles. The van der Waals surface area contributed by atoms with Crippen LogP contribution in [0, 0.1) is 0 Å². The molecule has 0 saturated carbocycles. The molecule has 1 amide bonds. The van der Waals surface area contributed by atoms with Crippen LogP contribution in [0.4, 0.5) is 0 Å². The summed E-state index contributed by atoms with van der Waals surface area (Å²) in [6.45, 7) is 4.16. The molecule has 1 aromatic rings. The second kappa shape index (κ2) is 2.87. The number of rotatable bonds is 2. The van der Waals surface area contributed by atoms with Crippen LogP contribution in [0.1, 0.15) is 37.9 Å². The van der Waals surface area contributed by atoms with Crippen LogP contribution in [-0.2, 0) is 4.79 Å². The quantitative estimate of drug-likeness (QED) is 0.689. The Labute approximate surface area is 76.9 Å². The van der Waals surface area contributed by atoms with E-state index in [1.807, 2.05) is 17.1 Å². The van der Waals surface area contributed by atoms with E-state index in [-0.39, 0.29) is 11.9 Å². The number of hydrogen-bond donors (Lipinski definition) is 1. The van der Waals surface area contributed by atoms with Gasteiger partial charge in [-0.25, -0.2) is 0 Å². The minimum absolute atomic E-state index is 0.127. The Hall–Kier alpha value is -1.32. The van der Waals surface area contributed by atoms with Crippen molar-refractivity contribution in [2.24, 2.45) is 0 Å². The zero-order valence-electron chi connectivity index (χ0n) is 7.82. The van der Waals surface area contributed by atoms with Gasteiger partial charge < -0.3 is 5.32 Å². The molecular formula is C9H13N3O. The molecule has 0 radical (unpaired) electrons. The van der Waals surface area contributed by atoms with E-state index in [0.29, 0.717) is 12.5 Å². The number of hydrogen-bond acceptors (Lipinski definition) is 2. The van der Waals surface area contributed by atoms with Crippen molar-refractivity contribution >= 4 is 5.91 Å². The van der Waals surface area contributed by atoms with Gasteiger partial charge in [-0.15, -0.1) is 0 Å². The van der Waals surface area contributed by atoms with Crippen molar-refractivity contribution < 1.29 is 4.79 Å². The first kappa shape index (κ1) is 8.29. The van der Waals surface area contributed by atoms with Crippen LogP contribution in [0.25, 0.3) is 0 Å². The van der Waals surface area contributed by atoms with Crippen LogP contribution in [0.5, 0.6) is 0 Å². The number of carbonyl (C=O) groups is 1. The molecule has 0 aliphatic carbocycles.